The van der Waals surface area contributed by atoms with E-state index in [-0.39, 0.29) is 11.7 Å². The highest BCUT2D eigenvalue weighted by molar-refractivity contribution is 9.10. The Balaban J connectivity index is 1.68. The number of nitrogens with zero attached hydrogens (tertiary/aromatic N) is 3. The second-order valence-corrected chi connectivity index (χ2v) is 9.04. The van der Waals surface area contributed by atoms with Gasteiger partial charge in [0.1, 0.15) is 5.82 Å². The van der Waals surface area contributed by atoms with Crippen LogP contribution in [-0.4, -0.2) is 26.4 Å². The Morgan fingerprint density at radius 3 is 2.70 bits per heavy atom. The molecule has 0 aliphatic heterocycles. The van der Waals surface area contributed by atoms with E-state index in [0.717, 1.165) is 26.7 Å². The lowest BCUT2D eigenvalue weighted by atomic mass is 10.0. The number of halogens is 1. The predicted molar refractivity (Wildman–Crippen MR) is 127 cm³/mol. The number of nitrogens with one attached hydrogen (secondary N) is 1. The number of hydrogen-bond acceptors (Lipinski definition) is 4. The highest BCUT2D eigenvalue weighted by Gasteiger charge is 2.15. The zero-order valence-corrected chi connectivity index (χ0v) is 19.5. The normalized spacial score (nSPS) is 10.9. The molecule has 5 nitrogen and oxygen atoms in total. The molecular formula is C23H25BrN4OS. The van der Waals surface area contributed by atoms with Crippen molar-refractivity contribution >= 4 is 39.3 Å². The molecule has 0 unspecified atom stereocenters. The molecule has 0 saturated heterocycles. The molecule has 0 fully saturated rings. The number of rotatable bonds is 9. The maximum atomic E-state index is 12.6. The third-order valence-corrected chi connectivity index (χ3v) is 6.01. The lowest BCUT2D eigenvalue weighted by Gasteiger charge is -2.14. The molecule has 30 heavy (non-hydrogen) atoms. The van der Waals surface area contributed by atoms with Gasteiger partial charge in [0.2, 0.25) is 5.91 Å². The fraction of sp³-hybridized carbons (Fsp3) is 0.261. The van der Waals surface area contributed by atoms with E-state index in [1.165, 1.54) is 17.3 Å². The molecule has 0 atom stereocenters. The van der Waals surface area contributed by atoms with Gasteiger partial charge in [0.15, 0.2) is 5.16 Å². The van der Waals surface area contributed by atoms with Crippen molar-refractivity contribution in [2.75, 3.05) is 11.1 Å². The van der Waals surface area contributed by atoms with Crippen molar-refractivity contribution in [3.63, 3.8) is 0 Å². The number of anilines is 1. The second kappa shape index (κ2) is 10.6. The number of carbonyl (C=O) groups excluding carboxylic acids is 1. The molecule has 1 amide bonds. The van der Waals surface area contributed by atoms with Crippen LogP contribution in [-0.2, 0) is 17.8 Å². The monoisotopic (exact) mass is 484 g/mol. The predicted octanol–water partition coefficient (Wildman–Crippen LogP) is 5.67. The van der Waals surface area contributed by atoms with Crippen LogP contribution >= 0.6 is 27.7 Å². The lowest BCUT2D eigenvalue weighted by Crippen LogP contribution is -2.16. The Hall–Kier alpha value is -2.38. The van der Waals surface area contributed by atoms with E-state index >= 15 is 0 Å². The first-order valence-corrected chi connectivity index (χ1v) is 11.5. The summed E-state index contributed by atoms with van der Waals surface area (Å²) in [5, 5.41) is 12.4. The van der Waals surface area contributed by atoms with Crippen LogP contribution < -0.4 is 5.32 Å². The van der Waals surface area contributed by atoms with Crippen molar-refractivity contribution in [2.24, 2.45) is 0 Å². The van der Waals surface area contributed by atoms with E-state index < -0.39 is 0 Å². The first-order chi connectivity index (χ1) is 14.5. The van der Waals surface area contributed by atoms with Crippen molar-refractivity contribution in [2.45, 2.75) is 37.9 Å². The largest absolute Gasteiger partial charge is 0.325 e. The Morgan fingerprint density at radius 1 is 1.23 bits per heavy atom. The van der Waals surface area contributed by atoms with Gasteiger partial charge < -0.3 is 9.88 Å². The zero-order valence-electron chi connectivity index (χ0n) is 17.1. The lowest BCUT2D eigenvalue weighted by molar-refractivity contribution is -0.113. The smallest absolute Gasteiger partial charge is 0.234 e. The Bertz CT molecular complexity index is 1020. The summed E-state index contributed by atoms with van der Waals surface area (Å²) in [7, 11) is 0. The fourth-order valence-corrected chi connectivity index (χ4v) is 4.23. The Labute approximate surface area is 190 Å². The fourth-order valence-electron chi connectivity index (χ4n) is 3.09. The maximum absolute atomic E-state index is 12.6. The Kier molecular flexibility index (Phi) is 7.87. The van der Waals surface area contributed by atoms with Crippen molar-refractivity contribution in [1.82, 2.24) is 14.8 Å². The van der Waals surface area contributed by atoms with Gasteiger partial charge in [-0.25, -0.2) is 0 Å². The molecule has 0 spiro atoms. The van der Waals surface area contributed by atoms with Gasteiger partial charge in [-0.05, 0) is 35.2 Å². The molecule has 1 heterocycles. The quantitative estimate of drug-likeness (QED) is 0.313. The van der Waals surface area contributed by atoms with Crippen LogP contribution in [0.5, 0.6) is 0 Å². The van der Waals surface area contributed by atoms with Crippen molar-refractivity contribution in [1.29, 1.82) is 0 Å². The van der Waals surface area contributed by atoms with Crippen LogP contribution in [0.15, 0.2) is 70.8 Å². The highest BCUT2D eigenvalue weighted by Crippen LogP contribution is 2.28. The standard InChI is InChI=1S/C23H25BrN4OS/c1-4-12-28-21(13-17-8-6-5-7-9-17)26-27-23(28)30-15-22(29)25-20-11-10-18(24)14-19(20)16(2)3/h4-11,14,16H,1,12-13,15H2,2-3H3,(H,25,29). The minimum absolute atomic E-state index is 0.0676. The van der Waals surface area contributed by atoms with E-state index in [0.29, 0.717) is 18.9 Å². The molecule has 1 aromatic heterocycles. The topological polar surface area (TPSA) is 59.8 Å². The van der Waals surface area contributed by atoms with Crippen LogP contribution in [0.4, 0.5) is 5.69 Å². The summed E-state index contributed by atoms with van der Waals surface area (Å²) in [4.78, 5) is 12.6. The van der Waals surface area contributed by atoms with Gasteiger partial charge in [-0.3, -0.25) is 4.79 Å². The van der Waals surface area contributed by atoms with E-state index in [2.05, 4.69) is 64.0 Å². The summed E-state index contributed by atoms with van der Waals surface area (Å²) in [5.74, 6) is 1.36. The summed E-state index contributed by atoms with van der Waals surface area (Å²) in [6, 6.07) is 16.1. The van der Waals surface area contributed by atoms with Gasteiger partial charge in [0, 0.05) is 23.1 Å². The van der Waals surface area contributed by atoms with Crippen LogP contribution in [0, 0.1) is 0 Å². The molecule has 0 radical (unpaired) electrons. The Morgan fingerprint density at radius 2 is 2.00 bits per heavy atom. The van der Waals surface area contributed by atoms with Gasteiger partial charge in [-0.1, -0.05) is 77.9 Å². The third kappa shape index (κ3) is 5.83. The number of carbonyl (C=O) groups is 1. The summed E-state index contributed by atoms with van der Waals surface area (Å²) >= 11 is 4.88. The van der Waals surface area contributed by atoms with E-state index in [9.17, 15) is 4.79 Å². The highest BCUT2D eigenvalue weighted by atomic mass is 79.9. The number of aromatic nitrogens is 3. The number of benzene rings is 2. The summed E-state index contributed by atoms with van der Waals surface area (Å²) < 4.78 is 3.01. The average molecular weight is 485 g/mol. The molecule has 7 heteroatoms. The molecule has 0 aliphatic rings. The van der Waals surface area contributed by atoms with Crippen LogP contribution in [0.2, 0.25) is 0 Å². The van der Waals surface area contributed by atoms with E-state index in [1.807, 2.05) is 47.0 Å². The minimum Gasteiger partial charge on any atom is -0.325 e. The molecule has 3 aromatic rings. The van der Waals surface area contributed by atoms with Gasteiger partial charge in [0.05, 0.1) is 5.75 Å². The molecular weight excluding hydrogens is 460 g/mol. The SMILES string of the molecule is C=CCn1c(Cc2ccccc2)nnc1SCC(=O)Nc1ccc(Br)cc1C(C)C. The van der Waals surface area contributed by atoms with Crippen LogP contribution in [0.1, 0.15) is 36.7 Å². The molecule has 0 saturated carbocycles. The molecule has 3 rings (SSSR count). The second-order valence-electron chi connectivity index (χ2n) is 7.18. The van der Waals surface area contributed by atoms with E-state index in [1.54, 1.807) is 0 Å². The van der Waals surface area contributed by atoms with Crippen molar-refractivity contribution in [3.8, 4) is 0 Å². The van der Waals surface area contributed by atoms with E-state index in [4.69, 9.17) is 0 Å². The minimum atomic E-state index is -0.0676. The van der Waals surface area contributed by atoms with Crippen LogP contribution in [0.25, 0.3) is 0 Å². The average Bonchev–Trinajstić information content (AvgIpc) is 3.10. The first kappa shape index (κ1) is 22.3. The summed E-state index contributed by atoms with van der Waals surface area (Å²) in [5.41, 5.74) is 3.11. The molecule has 1 N–H and O–H groups in total. The molecule has 2 aromatic carbocycles. The number of thioether (sulfide) groups is 1. The van der Waals surface area contributed by atoms with Crippen LogP contribution in [0.3, 0.4) is 0 Å². The first-order valence-electron chi connectivity index (χ1n) is 9.77. The number of allylic oxidation sites excluding steroid dienone is 1. The molecule has 0 bridgehead atoms. The number of amides is 1. The van der Waals surface area contributed by atoms with Gasteiger partial charge in [-0.15, -0.1) is 16.8 Å². The molecule has 156 valence electrons. The van der Waals surface area contributed by atoms with Gasteiger partial charge >= 0.3 is 0 Å². The third-order valence-electron chi connectivity index (χ3n) is 4.55. The number of hydrogen-bond donors (Lipinski definition) is 1. The zero-order chi connectivity index (χ0) is 21.5. The summed E-state index contributed by atoms with van der Waals surface area (Å²) in [6.45, 7) is 8.66. The van der Waals surface area contributed by atoms with Gasteiger partial charge in [-0.2, -0.15) is 0 Å². The van der Waals surface area contributed by atoms with Crippen molar-refractivity contribution in [3.05, 3.63) is 82.6 Å². The maximum Gasteiger partial charge on any atom is 0.234 e. The van der Waals surface area contributed by atoms with Gasteiger partial charge in [0.25, 0.3) is 0 Å². The van der Waals surface area contributed by atoms with Crippen molar-refractivity contribution < 1.29 is 4.79 Å². The molecule has 0 aliphatic carbocycles. The summed E-state index contributed by atoms with van der Waals surface area (Å²) in [6.07, 6.45) is 2.50.